The summed E-state index contributed by atoms with van der Waals surface area (Å²) >= 11 is 0. The third-order valence-corrected chi connectivity index (χ3v) is 2.20. The highest BCUT2D eigenvalue weighted by atomic mass is 16.5. The van der Waals surface area contributed by atoms with E-state index in [0.717, 1.165) is 0 Å². The van der Waals surface area contributed by atoms with Gasteiger partial charge in [-0.25, -0.2) is 4.79 Å². The second-order valence-electron chi connectivity index (χ2n) is 3.41. The highest BCUT2D eigenvalue weighted by molar-refractivity contribution is 5.67. The van der Waals surface area contributed by atoms with Crippen LogP contribution in [0.25, 0.3) is 0 Å². The Morgan fingerprint density at radius 2 is 2.07 bits per heavy atom. The molecule has 1 N–H and O–H groups in total. The number of carbonyl (C=O) groups is 1. The molecule has 0 aliphatic heterocycles. The van der Waals surface area contributed by atoms with Gasteiger partial charge in [-0.1, -0.05) is 37.3 Å². The summed E-state index contributed by atoms with van der Waals surface area (Å²) in [6.07, 6.45) is -0.347. The van der Waals surface area contributed by atoms with Gasteiger partial charge < -0.3 is 10.1 Å². The third-order valence-electron chi connectivity index (χ3n) is 2.20. The van der Waals surface area contributed by atoms with Gasteiger partial charge in [0.1, 0.15) is 0 Å². The molecule has 0 saturated carbocycles. The number of carbonyl (C=O) groups excluding carboxylic acids is 1. The topological polar surface area (TPSA) is 38.3 Å². The molecule has 0 radical (unpaired) electrons. The average Bonchev–Trinajstić information content (AvgIpc) is 2.27. The molecule has 1 rings (SSSR count). The van der Waals surface area contributed by atoms with Crippen LogP contribution >= 0.6 is 0 Å². The Morgan fingerprint density at radius 3 is 2.67 bits per heavy atom. The van der Waals surface area contributed by atoms with Crippen LogP contribution in [-0.2, 0) is 4.74 Å². The first-order valence-corrected chi connectivity index (χ1v) is 5.19. The van der Waals surface area contributed by atoms with Crippen molar-refractivity contribution in [1.82, 2.24) is 5.32 Å². The van der Waals surface area contributed by atoms with Crippen molar-refractivity contribution in [3.63, 3.8) is 0 Å². The standard InChI is InChI=1S/C12H17NO2/c1-3-15-12(14)13-9-10(2)11-7-5-4-6-8-11/h4-8,10H,3,9H2,1-2H3,(H,13,14)/t10-/m0/s1. The van der Waals surface area contributed by atoms with Gasteiger partial charge in [-0.15, -0.1) is 0 Å². The smallest absolute Gasteiger partial charge is 0.407 e. The van der Waals surface area contributed by atoms with Crippen LogP contribution in [0.2, 0.25) is 0 Å². The lowest BCUT2D eigenvalue weighted by Gasteiger charge is -2.12. The molecule has 0 aliphatic carbocycles. The zero-order chi connectivity index (χ0) is 11.1. The van der Waals surface area contributed by atoms with E-state index in [9.17, 15) is 4.79 Å². The molecule has 0 spiro atoms. The normalized spacial score (nSPS) is 11.9. The second-order valence-corrected chi connectivity index (χ2v) is 3.41. The minimum Gasteiger partial charge on any atom is -0.450 e. The van der Waals surface area contributed by atoms with Crippen LogP contribution in [0.5, 0.6) is 0 Å². The van der Waals surface area contributed by atoms with Crippen LogP contribution in [0.4, 0.5) is 4.79 Å². The largest absolute Gasteiger partial charge is 0.450 e. The number of amides is 1. The van der Waals surface area contributed by atoms with Crippen molar-refractivity contribution in [3.8, 4) is 0 Å². The molecule has 0 bridgehead atoms. The van der Waals surface area contributed by atoms with Gasteiger partial charge in [-0.3, -0.25) is 0 Å². The van der Waals surface area contributed by atoms with Gasteiger partial charge in [-0.05, 0) is 18.4 Å². The molecular formula is C12H17NO2. The van der Waals surface area contributed by atoms with Crippen molar-refractivity contribution < 1.29 is 9.53 Å². The minimum absolute atomic E-state index is 0.301. The highest BCUT2D eigenvalue weighted by Crippen LogP contribution is 2.12. The Bertz CT molecular complexity index is 298. The van der Waals surface area contributed by atoms with E-state index in [1.165, 1.54) is 5.56 Å². The Morgan fingerprint density at radius 1 is 1.40 bits per heavy atom. The zero-order valence-electron chi connectivity index (χ0n) is 9.19. The molecule has 15 heavy (non-hydrogen) atoms. The second kappa shape index (κ2) is 6.06. The first-order chi connectivity index (χ1) is 7.24. The number of hydrogen-bond donors (Lipinski definition) is 1. The number of alkyl carbamates (subject to hydrolysis) is 1. The fraction of sp³-hybridized carbons (Fsp3) is 0.417. The molecule has 0 fully saturated rings. The van der Waals surface area contributed by atoms with Crippen molar-refractivity contribution >= 4 is 6.09 Å². The summed E-state index contributed by atoms with van der Waals surface area (Å²) in [7, 11) is 0. The van der Waals surface area contributed by atoms with E-state index in [1.54, 1.807) is 6.92 Å². The van der Waals surface area contributed by atoms with Gasteiger partial charge in [0, 0.05) is 6.54 Å². The summed E-state index contributed by atoms with van der Waals surface area (Å²) in [4.78, 5) is 11.0. The van der Waals surface area contributed by atoms with Crippen LogP contribution in [0, 0.1) is 0 Å². The molecule has 1 atom stereocenters. The molecule has 1 aromatic carbocycles. The van der Waals surface area contributed by atoms with E-state index < -0.39 is 0 Å². The van der Waals surface area contributed by atoms with Gasteiger partial charge in [0.25, 0.3) is 0 Å². The predicted octanol–water partition coefficient (Wildman–Crippen LogP) is 2.54. The number of ether oxygens (including phenoxy) is 1. The Kier molecular flexibility index (Phi) is 4.68. The summed E-state index contributed by atoms with van der Waals surface area (Å²) in [5, 5.41) is 2.72. The molecule has 0 saturated heterocycles. The van der Waals surface area contributed by atoms with Gasteiger partial charge in [-0.2, -0.15) is 0 Å². The molecule has 0 aromatic heterocycles. The minimum atomic E-state index is -0.347. The number of rotatable bonds is 4. The van der Waals surface area contributed by atoms with E-state index in [4.69, 9.17) is 4.74 Å². The predicted molar refractivity (Wildman–Crippen MR) is 59.9 cm³/mol. The van der Waals surface area contributed by atoms with Crippen LogP contribution in [0.1, 0.15) is 25.3 Å². The molecule has 3 heteroatoms. The Balaban J connectivity index is 2.37. The van der Waals surface area contributed by atoms with Crippen molar-refractivity contribution in [2.75, 3.05) is 13.2 Å². The quantitative estimate of drug-likeness (QED) is 0.824. The Hall–Kier alpha value is -1.51. The molecule has 0 aliphatic rings. The van der Waals surface area contributed by atoms with Gasteiger partial charge >= 0.3 is 6.09 Å². The monoisotopic (exact) mass is 207 g/mol. The third kappa shape index (κ3) is 4.02. The summed E-state index contributed by atoms with van der Waals surface area (Å²) in [6, 6.07) is 10.1. The van der Waals surface area contributed by atoms with Gasteiger partial charge in [0.15, 0.2) is 0 Å². The lowest BCUT2D eigenvalue weighted by molar-refractivity contribution is 0.151. The number of hydrogen-bond acceptors (Lipinski definition) is 2. The van der Waals surface area contributed by atoms with Crippen LogP contribution < -0.4 is 5.32 Å². The molecular weight excluding hydrogens is 190 g/mol. The van der Waals surface area contributed by atoms with Crippen molar-refractivity contribution in [2.45, 2.75) is 19.8 Å². The summed E-state index contributed by atoms with van der Waals surface area (Å²) in [5.74, 6) is 0.301. The van der Waals surface area contributed by atoms with E-state index in [2.05, 4.69) is 24.4 Å². The molecule has 0 unspecified atom stereocenters. The lowest BCUT2D eigenvalue weighted by atomic mass is 10.0. The lowest BCUT2D eigenvalue weighted by Crippen LogP contribution is -2.28. The van der Waals surface area contributed by atoms with Crippen LogP contribution in [0.3, 0.4) is 0 Å². The van der Waals surface area contributed by atoms with E-state index in [-0.39, 0.29) is 6.09 Å². The van der Waals surface area contributed by atoms with Crippen molar-refractivity contribution in [1.29, 1.82) is 0 Å². The number of nitrogens with one attached hydrogen (secondary N) is 1. The maximum atomic E-state index is 11.0. The van der Waals surface area contributed by atoms with E-state index >= 15 is 0 Å². The fourth-order valence-corrected chi connectivity index (χ4v) is 1.32. The SMILES string of the molecule is CCOC(=O)NC[C@H](C)c1ccccc1. The van der Waals surface area contributed by atoms with Gasteiger partial charge in [0.2, 0.25) is 0 Å². The van der Waals surface area contributed by atoms with E-state index in [1.807, 2.05) is 18.2 Å². The molecule has 3 nitrogen and oxygen atoms in total. The summed E-state index contributed by atoms with van der Waals surface area (Å²) in [6.45, 7) is 4.87. The summed E-state index contributed by atoms with van der Waals surface area (Å²) < 4.78 is 4.78. The molecule has 1 amide bonds. The van der Waals surface area contributed by atoms with Crippen molar-refractivity contribution in [2.24, 2.45) is 0 Å². The highest BCUT2D eigenvalue weighted by Gasteiger charge is 2.06. The Labute approximate surface area is 90.4 Å². The average molecular weight is 207 g/mol. The van der Waals surface area contributed by atoms with E-state index in [0.29, 0.717) is 19.1 Å². The maximum Gasteiger partial charge on any atom is 0.407 e. The van der Waals surface area contributed by atoms with Crippen molar-refractivity contribution in [3.05, 3.63) is 35.9 Å². The van der Waals surface area contributed by atoms with Crippen LogP contribution in [0.15, 0.2) is 30.3 Å². The maximum absolute atomic E-state index is 11.0. The molecule has 1 aromatic rings. The molecule has 82 valence electrons. The number of benzene rings is 1. The first kappa shape index (κ1) is 11.6. The fourth-order valence-electron chi connectivity index (χ4n) is 1.32. The molecule has 0 heterocycles. The first-order valence-electron chi connectivity index (χ1n) is 5.19. The zero-order valence-corrected chi connectivity index (χ0v) is 9.19. The van der Waals surface area contributed by atoms with Gasteiger partial charge in [0.05, 0.1) is 6.61 Å². The summed E-state index contributed by atoms with van der Waals surface area (Å²) in [5.41, 5.74) is 1.22. The van der Waals surface area contributed by atoms with Crippen LogP contribution in [-0.4, -0.2) is 19.2 Å².